The lowest BCUT2D eigenvalue weighted by molar-refractivity contribution is 1.08. The van der Waals surface area contributed by atoms with Crippen LogP contribution in [-0.2, 0) is 0 Å². The topological polar surface area (TPSA) is 30.7 Å². The van der Waals surface area contributed by atoms with Crippen molar-refractivity contribution in [1.29, 1.82) is 0 Å². The molecule has 206 valence electrons. The summed E-state index contributed by atoms with van der Waals surface area (Å²) < 4.78 is 2.37. The first-order valence-corrected chi connectivity index (χ1v) is 15.4. The smallest absolute Gasteiger partial charge is 0.165 e. The summed E-state index contributed by atoms with van der Waals surface area (Å²) in [7, 11) is 0. The van der Waals surface area contributed by atoms with E-state index in [-0.39, 0.29) is 0 Å². The number of hydrogen-bond donors (Lipinski definition) is 0. The van der Waals surface area contributed by atoms with Crippen molar-refractivity contribution in [2.45, 2.75) is 0 Å². The highest BCUT2D eigenvalue weighted by molar-refractivity contribution is 6.40. The van der Waals surface area contributed by atoms with Gasteiger partial charge in [0.2, 0.25) is 0 Å². The number of nitrogens with zero attached hydrogens (tertiary/aromatic N) is 3. The van der Waals surface area contributed by atoms with Crippen molar-refractivity contribution in [3.63, 3.8) is 0 Å². The molecule has 0 aliphatic carbocycles. The molecule has 0 atom stereocenters. The maximum Gasteiger partial charge on any atom is 0.165 e. The molecule has 0 spiro atoms. The lowest BCUT2D eigenvalue weighted by Gasteiger charge is -2.16. The van der Waals surface area contributed by atoms with Gasteiger partial charge in [0.25, 0.3) is 0 Å². The van der Waals surface area contributed by atoms with Gasteiger partial charge in [-0.2, -0.15) is 0 Å². The van der Waals surface area contributed by atoms with Crippen LogP contribution in [0.5, 0.6) is 0 Å². The van der Waals surface area contributed by atoms with E-state index in [9.17, 15) is 0 Å². The summed E-state index contributed by atoms with van der Waals surface area (Å²) in [4.78, 5) is 11.2. The van der Waals surface area contributed by atoms with Crippen LogP contribution in [0.25, 0.3) is 104 Å². The summed E-state index contributed by atoms with van der Waals surface area (Å²) in [6.45, 7) is 0. The molecule has 0 radical (unpaired) electrons. The van der Waals surface area contributed by atoms with E-state index in [4.69, 9.17) is 9.97 Å². The van der Waals surface area contributed by atoms with Crippen LogP contribution in [0, 0.1) is 0 Å². The minimum absolute atomic E-state index is 0.851. The van der Waals surface area contributed by atoms with Crippen molar-refractivity contribution >= 4 is 86.7 Å². The van der Waals surface area contributed by atoms with E-state index >= 15 is 0 Å². The van der Waals surface area contributed by atoms with Crippen molar-refractivity contribution in [2.75, 3.05) is 0 Å². The van der Waals surface area contributed by atoms with Crippen molar-refractivity contribution in [3.05, 3.63) is 140 Å². The highest BCUT2D eigenvalue weighted by Gasteiger charge is 2.25. The predicted octanol–water partition coefficient (Wildman–Crippen LogP) is 11.0. The van der Waals surface area contributed by atoms with Crippen LogP contribution >= 0.6 is 0 Å². The first kappa shape index (κ1) is 23.4. The number of fused-ring (bicyclic) bond motifs is 7. The van der Waals surface area contributed by atoms with E-state index < -0.39 is 0 Å². The Morgan fingerprint density at radius 1 is 0.356 bits per heavy atom. The maximum atomic E-state index is 5.64. The van der Waals surface area contributed by atoms with Crippen molar-refractivity contribution in [1.82, 2.24) is 14.5 Å². The molecule has 11 rings (SSSR count). The quantitative estimate of drug-likeness (QED) is 0.153. The normalized spacial score (nSPS) is 12.4. The maximum absolute atomic E-state index is 5.64. The number of aromatic nitrogens is 3. The van der Waals surface area contributed by atoms with Gasteiger partial charge in [0.15, 0.2) is 5.82 Å². The predicted molar refractivity (Wildman–Crippen MR) is 189 cm³/mol. The fraction of sp³-hybridized carbons (Fsp3) is 0. The van der Waals surface area contributed by atoms with Gasteiger partial charge in [-0.15, -0.1) is 0 Å². The van der Waals surface area contributed by atoms with E-state index in [0.717, 1.165) is 49.9 Å². The zero-order valence-corrected chi connectivity index (χ0v) is 24.1. The minimum Gasteiger partial charge on any atom is -0.292 e. The lowest BCUT2D eigenvalue weighted by Crippen LogP contribution is -2.04. The van der Waals surface area contributed by atoms with Gasteiger partial charge in [-0.1, -0.05) is 127 Å². The number of benzene rings is 9. The van der Waals surface area contributed by atoms with Gasteiger partial charge in [0, 0.05) is 32.5 Å². The van der Waals surface area contributed by atoms with Gasteiger partial charge >= 0.3 is 0 Å². The van der Waals surface area contributed by atoms with E-state index in [0.29, 0.717) is 0 Å². The van der Waals surface area contributed by atoms with E-state index in [2.05, 4.69) is 144 Å². The Kier molecular flexibility index (Phi) is 4.32. The number of hydrogen-bond acceptors (Lipinski definition) is 2. The SMILES string of the molecule is c1ccc(-c2nc3c4ccccc4c4ccccc4c3nc2-n2c3cccc4c5cccc6ccc7ccc2c(c7c65)c43)cc1. The molecule has 11 aromatic rings. The van der Waals surface area contributed by atoms with Crippen LogP contribution in [0.15, 0.2) is 140 Å². The Morgan fingerprint density at radius 3 is 1.67 bits per heavy atom. The zero-order chi connectivity index (χ0) is 29.2. The summed E-state index contributed by atoms with van der Waals surface area (Å²) in [6.07, 6.45) is 0. The first-order valence-electron chi connectivity index (χ1n) is 15.4. The second kappa shape index (κ2) is 8.31. The summed E-state index contributed by atoms with van der Waals surface area (Å²) >= 11 is 0. The summed E-state index contributed by atoms with van der Waals surface area (Å²) in [5.41, 5.74) is 6.08. The molecule has 2 heterocycles. The molecule has 0 saturated carbocycles. The molecule has 0 saturated heterocycles. The number of rotatable bonds is 2. The van der Waals surface area contributed by atoms with Gasteiger partial charge in [0.1, 0.15) is 5.69 Å². The van der Waals surface area contributed by atoms with Crippen LogP contribution in [0.4, 0.5) is 0 Å². The van der Waals surface area contributed by atoms with Gasteiger partial charge in [-0.05, 0) is 49.8 Å². The molecule has 0 fully saturated rings. The van der Waals surface area contributed by atoms with Crippen molar-refractivity contribution < 1.29 is 0 Å². The second-order valence-electron chi connectivity index (χ2n) is 12.1. The van der Waals surface area contributed by atoms with Crippen molar-refractivity contribution in [3.8, 4) is 17.1 Å². The molecule has 0 aliphatic heterocycles. The molecule has 3 nitrogen and oxygen atoms in total. The Morgan fingerprint density at radius 2 is 0.911 bits per heavy atom. The molecular formula is C42H23N3. The summed E-state index contributed by atoms with van der Waals surface area (Å²) in [5.74, 6) is 0.851. The Labute approximate surface area is 257 Å². The Hall–Kier alpha value is -6.06. The summed E-state index contributed by atoms with van der Waals surface area (Å²) in [6, 6.07) is 50.2. The van der Waals surface area contributed by atoms with E-state index in [1.54, 1.807) is 0 Å². The van der Waals surface area contributed by atoms with Gasteiger partial charge < -0.3 is 0 Å². The lowest BCUT2D eigenvalue weighted by atomic mass is 9.89. The zero-order valence-electron chi connectivity index (χ0n) is 24.1. The molecule has 0 aliphatic rings. The van der Waals surface area contributed by atoms with Crippen molar-refractivity contribution in [2.24, 2.45) is 0 Å². The highest BCUT2D eigenvalue weighted by Crippen LogP contribution is 2.47. The van der Waals surface area contributed by atoms with Crippen LogP contribution in [0.2, 0.25) is 0 Å². The van der Waals surface area contributed by atoms with Gasteiger partial charge in [-0.25, -0.2) is 9.97 Å². The van der Waals surface area contributed by atoms with Crippen LogP contribution in [0.1, 0.15) is 0 Å². The highest BCUT2D eigenvalue weighted by atomic mass is 15.1. The van der Waals surface area contributed by atoms with E-state index in [1.165, 1.54) is 53.9 Å². The van der Waals surface area contributed by atoms with E-state index in [1.807, 2.05) is 0 Å². The second-order valence-corrected chi connectivity index (χ2v) is 12.1. The standard InChI is InChI=1S/C42H23N3/c1-2-10-26(11-3-1)39-42(44-41-32-16-7-5-14-28(32)27-13-4-6-15-31(27)40(41)43-39)45-33-19-9-18-30-29-17-8-12-24-20-21-25-22-23-34(45)38(37(30)33)36(25)35(24)29/h1-23H. The fourth-order valence-corrected chi connectivity index (χ4v) is 8.02. The molecular weight excluding hydrogens is 546 g/mol. The molecule has 0 bridgehead atoms. The molecule has 3 heteroatoms. The molecule has 9 aromatic carbocycles. The fourth-order valence-electron chi connectivity index (χ4n) is 8.02. The molecule has 2 aromatic heterocycles. The first-order chi connectivity index (χ1) is 22.3. The monoisotopic (exact) mass is 569 g/mol. The van der Waals surface area contributed by atoms with Gasteiger partial charge in [-0.3, -0.25) is 4.57 Å². The van der Waals surface area contributed by atoms with Crippen LogP contribution in [-0.4, -0.2) is 14.5 Å². The average Bonchev–Trinajstić information content (AvgIpc) is 3.46. The third-order valence-electron chi connectivity index (χ3n) is 9.86. The molecule has 0 N–H and O–H groups in total. The average molecular weight is 570 g/mol. The van der Waals surface area contributed by atoms with Crippen LogP contribution < -0.4 is 0 Å². The molecule has 0 amide bonds. The van der Waals surface area contributed by atoms with Crippen LogP contribution in [0.3, 0.4) is 0 Å². The summed E-state index contributed by atoms with van der Waals surface area (Å²) in [5, 5.41) is 15.0. The third-order valence-corrected chi connectivity index (χ3v) is 9.86. The minimum atomic E-state index is 0.851. The Bertz CT molecular complexity index is 2970. The van der Waals surface area contributed by atoms with Gasteiger partial charge in [0.05, 0.1) is 22.1 Å². The molecule has 0 unspecified atom stereocenters. The Balaban J connectivity index is 1.40. The largest absolute Gasteiger partial charge is 0.292 e. The third kappa shape index (κ3) is 2.90. The molecule has 45 heavy (non-hydrogen) atoms.